The van der Waals surface area contributed by atoms with Crippen LogP contribution in [0, 0.1) is 0 Å². The number of rotatable bonds is 5. The number of phenols is 1. The van der Waals surface area contributed by atoms with E-state index in [1.54, 1.807) is 37.6 Å². The first-order chi connectivity index (χ1) is 12.6. The number of methoxy groups -OCH3 is 1. The zero-order valence-corrected chi connectivity index (χ0v) is 15.3. The summed E-state index contributed by atoms with van der Waals surface area (Å²) in [7, 11) is 1.57. The Labute approximate surface area is 157 Å². The van der Waals surface area contributed by atoms with Crippen molar-refractivity contribution < 1.29 is 14.6 Å². The van der Waals surface area contributed by atoms with Gasteiger partial charge in [0.25, 0.3) is 0 Å². The predicted molar refractivity (Wildman–Crippen MR) is 98.8 cm³/mol. The van der Waals surface area contributed by atoms with E-state index < -0.39 is 0 Å². The monoisotopic (exact) mass is 376 g/mol. The minimum atomic E-state index is 0.0534. The number of piperazine rings is 1. The maximum absolute atomic E-state index is 12.4. The van der Waals surface area contributed by atoms with Gasteiger partial charge in [-0.25, -0.2) is 4.98 Å². The number of benzene rings is 1. The second-order valence-electron chi connectivity index (χ2n) is 6.05. The van der Waals surface area contributed by atoms with E-state index in [0.717, 1.165) is 5.56 Å². The highest BCUT2D eigenvalue weighted by Crippen LogP contribution is 2.24. The number of carbonyl (C=O) groups excluding carboxylic acids is 1. The van der Waals surface area contributed by atoms with E-state index in [9.17, 15) is 9.90 Å². The molecule has 1 aliphatic rings. The number of nitrogens with zero attached hydrogens (tertiary/aromatic N) is 4. The fourth-order valence-electron chi connectivity index (χ4n) is 2.87. The molecule has 1 aliphatic heterocycles. The Morgan fingerprint density at radius 2 is 2.04 bits per heavy atom. The van der Waals surface area contributed by atoms with Gasteiger partial charge in [-0.1, -0.05) is 17.7 Å². The fraction of sp³-hybridized carbons (Fsp3) is 0.389. The van der Waals surface area contributed by atoms with Crippen molar-refractivity contribution in [2.24, 2.45) is 0 Å². The highest BCUT2D eigenvalue weighted by Gasteiger charge is 2.22. The molecule has 138 valence electrons. The summed E-state index contributed by atoms with van der Waals surface area (Å²) in [5.41, 5.74) is 0.935. The van der Waals surface area contributed by atoms with Gasteiger partial charge in [-0.2, -0.15) is 4.98 Å². The Kier molecular flexibility index (Phi) is 5.78. The number of ether oxygens (including phenoxy) is 1. The first-order valence-electron chi connectivity index (χ1n) is 8.44. The SMILES string of the molecule is COc1ccnc(N2CCN(C(=O)CCc3ccc(O)c(Cl)c3)CC2)n1. The van der Waals surface area contributed by atoms with E-state index in [4.69, 9.17) is 16.3 Å². The van der Waals surface area contributed by atoms with Gasteiger partial charge in [-0.05, 0) is 24.1 Å². The Morgan fingerprint density at radius 1 is 1.27 bits per heavy atom. The standard InChI is InChI=1S/C18H21ClN4O3/c1-26-16-6-7-20-18(21-16)23-10-8-22(9-11-23)17(25)5-3-13-2-4-15(24)14(19)12-13/h2,4,6-7,12,24H,3,5,8-11H2,1H3. The minimum Gasteiger partial charge on any atom is -0.506 e. The molecule has 26 heavy (non-hydrogen) atoms. The molecule has 1 saturated heterocycles. The Hall–Kier alpha value is -2.54. The molecule has 1 amide bonds. The van der Waals surface area contributed by atoms with Gasteiger partial charge >= 0.3 is 0 Å². The van der Waals surface area contributed by atoms with Crippen molar-refractivity contribution in [3.8, 4) is 11.6 Å². The quantitative estimate of drug-likeness (QED) is 0.861. The highest BCUT2D eigenvalue weighted by molar-refractivity contribution is 6.32. The van der Waals surface area contributed by atoms with Gasteiger partial charge in [-0.15, -0.1) is 0 Å². The molecule has 0 atom stereocenters. The van der Waals surface area contributed by atoms with Gasteiger partial charge < -0.3 is 19.6 Å². The Balaban J connectivity index is 1.50. The lowest BCUT2D eigenvalue weighted by molar-refractivity contribution is -0.131. The van der Waals surface area contributed by atoms with Crippen LogP contribution in [-0.2, 0) is 11.2 Å². The fourth-order valence-corrected chi connectivity index (χ4v) is 3.07. The number of phenolic OH excluding ortho intramolecular Hbond substituents is 1. The lowest BCUT2D eigenvalue weighted by Gasteiger charge is -2.34. The lowest BCUT2D eigenvalue weighted by atomic mass is 10.1. The second-order valence-corrected chi connectivity index (χ2v) is 6.46. The van der Waals surface area contributed by atoms with Crippen LogP contribution in [0.1, 0.15) is 12.0 Å². The van der Waals surface area contributed by atoms with Crippen molar-refractivity contribution in [2.45, 2.75) is 12.8 Å². The first kappa shape index (κ1) is 18.3. The zero-order chi connectivity index (χ0) is 18.5. The maximum atomic E-state index is 12.4. The molecule has 8 heteroatoms. The summed E-state index contributed by atoms with van der Waals surface area (Å²) in [5.74, 6) is 1.31. The van der Waals surface area contributed by atoms with E-state index in [-0.39, 0.29) is 11.7 Å². The van der Waals surface area contributed by atoms with Crippen LogP contribution in [0.5, 0.6) is 11.6 Å². The number of aromatic hydroxyl groups is 1. The number of amides is 1. The molecule has 1 N–H and O–H groups in total. The molecule has 3 rings (SSSR count). The Bertz CT molecular complexity index is 779. The van der Waals surface area contributed by atoms with Crippen LogP contribution in [0.3, 0.4) is 0 Å². The zero-order valence-electron chi connectivity index (χ0n) is 14.6. The topological polar surface area (TPSA) is 78.8 Å². The molecular weight excluding hydrogens is 356 g/mol. The summed E-state index contributed by atoms with van der Waals surface area (Å²) in [5, 5.41) is 9.75. The minimum absolute atomic E-state index is 0.0534. The summed E-state index contributed by atoms with van der Waals surface area (Å²) in [6.45, 7) is 2.64. The van der Waals surface area contributed by atoms with E-state index in [1.165, 1.54) is 0 Å². The summed E-state index contributed by atoms with van der Waals surface area (Å²) < 4.78 is 5.13. The van der Waals surface area contributed by atoms with Crippen molar-refractivity contribution in [3.05, 3.63) is 41.0 Å². The third kappa shape index (κ3) is 4.35. The average molecular weight is 377 g/mol. The molecule has 2 aromatic rings. The molecule has 0 spiro atoms. The van der Waals surface area contributed by atoms with Crippen molar-refractivity contribution in [1.29, 1.82) is 0 Å². The van der Waals surface area contributed by atoms with Crippen molar-refractivity contribution in [1.82, 2.24) is 14.9 Å². The number of anilines is 1. The van der Waals surface area contributed by atoms with Gasteiger partial charge in [-0.3, -0.25) is 4.79 Å². The van der Waals surface area contributed by atoms with Crippen LogP contribution in [0.15, 0.2) is 30.5 Å². The van der Waals surface area contributed by atoms with Gasteiger partial charge in [0.2, 0.25) is 17.7 Å². The van der Waals surface area contributed by atoms with Crippen LogP contribution in [-0.4, -0.2) is 59.2 Å². The second kappa shape index (κ2) is 8.23. The summed E-state index contributed by atoms with van der Waals surface area (Å²) in [6.07, 6.45) is 2.68. The molecular formula is C18H21ClN4O3. The number of halogens is 1. The van der Waals surface area contributed by atoms with Crippen molar-refractivity contribution >= 4 is 23.5 Å². The normalized spacial score (nSPS) is 14.4. The third-order valence-electron chi connectivity index (χ3n) is 4.38. The van der Waals surface area contributed by atoms with Gasteiger partial charge in [0.1, 0.15) is 5.75 Å². The van der Waals surface area contributed by atoms with Gasteiger partial charge in [0.15, 0.2) is 0 Å². The molecule has 0 radical (unpaired) electrons. The first-order valence-corrected chi connectivity index (χ1v) is 8.82. The number of hydrogen-bond acceptors (Lipinski definition) is 6. The van der Waals surface area contributed by atoms with Gasteiger partial charge in [0, 0.05) is 44.9 Å². The van der Waals surface area contributed by atoms with Crippen LogP contribution in [0.2, 0.25) is 5.02 Å². The molecule has 1 fully saturated rings. The molecule has 0 unspecified atom stereocenters. The molecule has 0 saturated carbocycles. The van der Waals surface area contributed by atoms with Gasteiger partial charge in [0.05, 0.1) is 12.1 Å². The third-order valence-corrected chi connectivity index (χ3v) is 4.68. The van der Waals surface area contributed by atoms with Crippen molar-refractivity contribution in [3.63, 3.8) is 0 Å². The molecule has 1 aromatic carbocycles. The van der Waals surface area contributed by atoms with Crippen LogP contribution >= 0.6 is 11.6 Å². The molecule has 1 aromatic heterocycles. The molecule has 7 nitrogen and oxygen atoms in total. The maximum Gasteiger partial charge on any atom is 0.228 e. The Morgan fingerprint density at radius 3 is 2.73 bits per heavy atom. The number of aromatic nitrogens is 2. The average Bonchev–Trinajstić information content (AvgIpc) is 2.69. The smallest absolute Gasteiger partial charge is 0.228 e. The highest BCUT2D eigenvalue weighted by atomic mass is 35.5. The van der Waals surface area contributed by atoms with Crippen LogP contribution < -0.4 is 9.64 Å². The summed E-state index contributed by atoms with van der Waals surface area (Å²) in [4.78, 5) is 25.0. The lowest BCUT2D eigenvalue weighted by Crippen LogP contribution is -2.49. The van der Waals surface area contributed by atoms with E-state index >= 15 is 0 Å². The largest absolute Gasteiger partial charge is 0.506 e. The summed E-state index contributed by atoms with van der Waals surface area (Å²) in [6, 6.07) is 6.74. The van der Waals surface area contributed by atoms with E-state index in [2.05, 4.69) is 9.97 Å². The van der Waals surface area contributed by atoms with Crippen LogP contribution in [0.25, 0.3) is 0 Å². The molecule has 0 bridgehead atoms. The van der Waals surface area contributed by atoms with Crippen molar-refractivity contribution in [2.75, 3.05) is 38.2 Å². The summed E-state index contributed by atoms with van der Waals surface area (Å²) >= 11 is 5.90. The van der Waals surface area contributed by atoms with E-state index in [0.29, 0.717) is 55.9 Å². The number of carbonyl (C=O) groups is 1. The number of aryl methyl sites for hydroxylation is 1. The predicted octanol–water partition coefficient (Wildman–Crippen LogP) is 2.13. The van der Waals surface area contributed by atoms with Crippen LogP contribution in [0.4, 0.5) is 5.95 Å². The molecule has 2 heterocycles. The van der Waals surface area contributed by atoms with E-state index in [1.807, 2.05) is 9.80 Å². The molecule has 0 aliphatic carbocycles. The number of hydrogen-bond donors (Lipinski definition) is 1.